The second-order valence-electron chi connectivity index (χ2n) is 6.17. The maximum atomic E-state index is 12.6. The predicted octanol–water partition coefficient (Wildman–Crippen LogP) is 2.78. The summed E-state index contributed by atoms with van der Waals surface area (Å²) in [6.07, 6.45) is 1.53. The quantitative estimate of drug-likeness (QED) is 0.710. The Morgan fingerprint density at radius 1 is 0.889 bits per heavy atom. The van der Waals surface area contributed by atoms with Crippen LogP contribution < -0.4 is 5.32 Å². The van der Waals surface area contributed by atoms with Gasteiger partial charge >= 0.3 is 0 Å². The van der Waals surface area contributed by atoms with Gasteiger partial charge in [-0.1, -0.05) is 42.5 Å². The molecule has 3 amide bonds. The molecule has 1 aliphatic rings. The first-order valence-corrected chi connectivity index (χ1v) is 8.48. The van der Waals surface area contributed by atoms with Crippen LogP contribution in [0.25, 0.3) is 0 Å². The van der Waals surface area contributed by atoms with E-state index in [9.17, 15) is 14.4 Å². The van der Waals surface area contributed by atoms with Gasteiger partial charge in [-0.15, -0.1) is 0 Å². The van der Waals surface area contributed by atoms with E-state index in [2.05, 4.69) is 5.32 Å². The van der Waals surface area contributed by atoms with E-state index in [0.717, 1.165) is 10.5 Å². The maximum absolute atomic E-state index is 12.6. The van der Waals surface area contributed by atoms with Crippen LogP contribution in [-0.4, -0.2) is 29.2 Å². The number of benzene rings is 2. The summed E-state index contributed by atoms with van der Waals surface area (Å²) < 4.78 is 5.45. The molecular weight excluding hydrogens is 344 g/mol. The molecule has 1 unspecified atom stereocenters. The van der Waals surface area contributed by atoms with Gasteiger partial charge in [-0.3, -0.25) is 19.3 Å². The van der Waals surface area contributed by atoms with Crippen molar-refractivity contribution < 1.29 is 18.8 Å². The zero-order valence-electron chi connectivity index (χ0n) is 14.3. The zero-order chi connectivity index (χ0) is 18.8. The highest BCUT2D eigenvalue weighted by molar-refractivity contribution is 6.22. The lowest BCUT2D eigenvalue weighted by molar-refractivity contribution is -0.122. The highest BCUT2D eigenvalue weighted by Gasteiger charge is 2.36. The van der Waals surface area contributed by atoms with Gasteiger partial charge in [0, 0.05) is 0 Å². The van der Waals surface area contributed by atoms with Crippen molar-refractivity contribution in [2.24, 2.45) is 0 Å². The Kier molecular flexibility index (Phi) is 4.30. The number of fused-ring (bicyclic) bond motifs is 1. The van der Waals surface area contributed by atoms with E-state index in [1.165, 1.54) is 6.26 Å². The lowest BCUT2D eigenvalue weighted by atomic mass is 10.0. The van der Waals surface area contributed by atoms with Crippen LogP contribution in [0, 0.1) is 0 Å². The van der Waals surface area contributed by atoms with Crippen molar-refractivity contribution in [3.8, 4) is 0 Å². The second-order valence-corrected chi connectivity index (χ2v) is 6.17. The van der Waals surface area contributed by atoms with E-state index < -0.39 is 23.8 Å². The Labute approximate surface area is 155 Å². The average Bonchev–Trinajstić information content (AvgIpc) is 3.31. The van der Waals surface area contributed by atoms with Crippen molar-refractivity contribution in [3.63, 3.8) is 0 Å². The number of furan rings is 1. The molecule has 1 aliphatic heterocycles. The molecule has 4 rings (SSSR count). The third-order valence-electron chi connectivity index (χ3n) is 4.45. The van der Waals surface area contributed by atoms with Crippen LogP contribution in [0.3, 0.4) is 0 Å². The summed E-state index contributed by atoms with van der Waals surface area (Å²) in [5.41, 5.74) is 1.48. The molecule has 6 heteroatoms. The number of nitrogens with zero attached hydrogens (tertiary/aromatic N) is 1. The van der Waals surface area contributed by atoms with Gasteiger partial charge in [0.05, 0.1) is 17.4 Å². The largest absolute Gasteiger partial charge is 0.467 e. The predicted molar refractivity (Wildman–Crippen MR) is 96.9 cm³/mol. The number of hydrogen-bond acceptors (Lipinski definition) is 4. The summed E-state index contributed by atoms with van der Waals surface area (Å²) in [5.74, 6) is -0.799. The van der Waals surface area contributed by atoms with Crippen LogP contribution in [-0.2, 0) is 4.79 Å². The summed E-state index contributed by atoms with van der Waals surface area (Å²) in [6, 6.07) is 18.9. The minimum absolute atomic E-state index is 0.320. The van der Waals surface area contributed by atoms with E-state index in [1.54, 1.807) is 36.4 Å². The van der Waals surface area contributed by atoms with Gasteiger partial charge in [-0.05, 0) is 29.8 Å². The van der Waals surface area contributed by atoms with Gasteiger partial charge < -0.3 is 9.73 Å². The molecule has 0 spiro atoms. The van der Waals surface area contributed by atoms with Crippen molar-refractivity contribution in [2.45, 2.75) is 6.04 Å². The Morgan fingerprint density at radius 2 is 1.52 bits per heavy atom. The Hall–Kier alpha value is -3.67. The fraction of sp³-hybridized carbons (Fsp3) is 0.0952. The molecule has 2 heterocycles. The van der Waals surface area contributed by atoms with Crippen molar-refractivity contribution in [3.05, 3.63) is 95.4 Å². The molecule has 0 saturated carbocycles. The normalized spacial score (nSPS) is 14.1. The molecule has 0 saturated heterocycles. The van der Waals surface area contributed by atoms with Crippen LogP contribution in [0.15, 0.2) is 77.4 Å². The summed E-state index contributed by atoms with van der Waals surface area (Å²) in [6.45, 7) is -0.351. The number of hydrogen-bond donors (Lipinski definition) is 1. The lowest BCUT2D eigenvalue weighted by Crippen LogP contribution is -2.41. The van der Waals surface area contributed by atoms with Crippen LogP contribution in [0.4, 0.5) is 0 Å². The summed E-state index contributed by atoms with van der Waals surface area (Å²) in [5, 5.41) is 2.85. The van der Waals surface area contributed by atoms with Gasteiger partial charge in [-0.25, -0.2) is 0 Å². The third-order valence-corrected chi connectivity index (χ3v) is 4.45. The molecule has 0 fully saturated rings. The molecule has 134 valence electrons. The van der Waals surface area contributed by atoms with E-state index >= 15 is 0 Å². The first-order chi connectivity index (χ1) is 13.1. The first-order valence-electron chi connectivity index (χ1n) is 8.48. The highest BCUT2D eigenvalue weighted by atomic mass is 16.3. The second kappa shape index (κ2) is 6.92. The third kappa shape index (κ3) is 3.13. The topological polar surface area (TPSA) is 79.6 Å². The summed E-state index contributed by atoms with van der Waals surface area (Å²) in [4.78, 5) is 38.5. The lowest BCUT2D eigenvalue weighted by Gasteiger charge is -2.19. The standard InChI is InChI=1S/C21H16N2O4/c24-18(13-23-20(25)15-9-4-5-10-16(15)21(23)26)22-19(17-11-6-12-27-17)14-7-2-1-3-8-14/h1-12,19H,13H2,(H,22,24). The molecule has 0 bridgehead atoms. The molecule has 1 N–H and O–H groups in total. The number of carbonyl (C=O) groups is 3. The Bertz CT molecular complexity index is 961. The van der Waals surface area contributed by atoms with Gasteiger partial charge in [0.15, 0.2) is 0 Å². The Balaban J connectivity index is 1.53. The molecule has 1 aromatic heterocycles. The van der Waals surface area contributed by atoms with E-state index in [-0.39, 0.29) is 6.54 Å². The minimum atomic E-state index is -0.510. The minimum Gasteiger partial charge on any atom is -0.467 e. The fourth-order valence-electron chi connectivity index (χ4n) is 3.15. The van der Waals surface area contributed by atoms with Crippen molar-refractivity contribution >= 4 is 17.7 Å². The number of imide groups is 1. The SMILES string of the molecule is O=C(CN1C(=O)c2ccccc2C1=O)NC(c1ccccc1)c1ccco1. The first kappa shape index (κ1) is 16.8. The van der Waals surface area contributed by atoms with Crippen LogP contribution in [0.5, 0.6) is 0 Å². The number of amides is 3. The van der Waals surface area contributed by atoms with E-state index in [1.807, 2.05) is 30.3 Å². The fourth-order valence-corrected chi connectivity index (χ4v) is 3.15. The molecule has 2 aromatic carbocycles. The van der Waals surface area contributed by atoms with Gasteiger partial charge in [-0.2, -0.15) is 0 Å². The molecular formula is C21H16N2O4. The van der Waals surface area contributed by atoms with E-state index in [0.29, 0.717) is 16.9 Å². The molecule has 3 aromatic rings. The van der Waals surface area contributed by atoms with Crippen LogP contribution in [0.1, 0.15) is 38.1 Å². The van der Waals surface area contributed by atoms with E-state index in [4.69, 9.17) is 4.42 Å². The molecule has 0 radical (unpaired) electrons. The van der Waals surface area contributed by atoms with Crippen molar-refractivity contribution in [1.82, 2.24) is 10.2 Å². The van der Waals surface area contributed by atoms with Gasteiger partial charge in [0.2, 0.25) is 5.91 Å². The monoisotopic (exact) mass is 360 g/mol. The number of nitrogens with one attached hydrogen (secondary N) is 1. The molecule has 6 nitrogen and oxygen atoms in total. The highest BCUT2D eigenvalue weighted by Crippen LogP contribution is 2.24. The van der Waals surface area contributed by atoms with Crippen molar-refractivity contribution in [1.29, 1.82) is 0 Å². The molecule has 27 heavy (non-hydrogen) atoms. The Morgan fingerprint density at radius 3 is 2.11 bits per heavy atom. The van der Waals surface area contributed by atoms with Crippen LogP contribution in [0.2, 0.25) is 0 Å². The molecule has 0 aliphatic carbocycles. The zero-order valence-corrected chi connectivity index (χ0v) is 14.3. The molecule has 1 atom stereocenters. The smallest absolute Gasteiger partial charge is 0.262 e. The van der Waals surface area contributed by atoms with Crippen LogP contribution >= 0.6 is 0 Å². The maximum Gasteiger partial charge on any atom is 0.262 e. The van der Waals surface area contributed by atoms with Gasteiger partial charge in [0.25, 0.3) is 11.8 Å². The van der Waals surface area contributed by atoms with Gasteiger partial charge in [0.1, 0.15) is 18.3 Å². The number of carbonyl (C=O) groups excluding carboxylic acids is 3. The average molecular weight is 360 g/mol. The van der Waals surface area contributed by atoms with Crippen molar-refractivity contribution in [2.75, 3.05) is 6.54 Å². The summed E-state index contributed by atoms with van der Waals surface area (Å²) in [7, 11) is 0. The number of rotatable bonds is 5. The summed E-state index contributed by atoms with van der Waals surface area (Å²) >= 11 is 0.